The first-order chi connectivity index (χ1) is 14.1. The monoisotopic (exact) mass is 459 g/mol. The summed E-state index contributed by atoms with van der Waals surface area (Å²) < 4.78 is 70.7. The molecule has 1 aliphatic heterocycles. The number of piperazine rings is 1. The molecule has 0 amide bonds. The van der Waals surface area contributed by atoms with E-state index in [1.165, 1.54) is 10.4 Å². The van der Waals surface area contributed by atoms with E-state index in [0.29, 0.717) is 30.0 Å². The predicted octanol–water partition coefficient (Wildman–Crippen LogP) is 3.42. The number of halogens is 3. The first kappa shape index (κ1) is 22.3. The number of benzene rings is 2. The Morgan fingerprint density at radius 3 is 2.37 bits per heavy atom. The predicted molar refractivity (Wildman–Crippen MR) is 111 cm³/mol. The Morgan fingerprint density at radius 1 is 1.07 bits per heavy atom. The minimum Gasteiger partial charge on any atom is -0.497 e. The number of nitrogens with zero attached hydrogens (tertiary/aromatic N) is 2. The zero-order valence-corrected chi connectivity index (χ0v) is 17.6. The van der Waals surface area contributed by atoms with Gasteiger partial charge in [-0.3, -0.25) is 0 Å². The fourth-order valence-corrected chi connectivity index (χ4v) is 4.79. The maximum Gasteiger partial charge on any atom is 0.416 e. The van der Waals surface area contributed by atoms with Gasteiger partial charge < -0.3 is 15.0 Å². The average Bonchev–Trinajstić information content (AvgIpc) is 2.73. The van der Waals surface area contributed by atoms with Crippen LogP contribution in [0.15, 0.2) is 53.4 Å². The second kappa shape index (κ2) is 8.78. The first-order valence-corrected chi connectivity index (χ1v) is 10.8. The maximum absolute atomic E-state index is 12.9. The molecule has 0 aliphatic carbocycles. The van der Waals surface area contributed by atoms with E-state index < -0.39 is 21.8 Å². The lowest BCUT2D eigenvalue weighted by Gasteiger charge is -2.35. The number of hydrogen-bond donors (Lipinski definition) is 1. The van der Waals surface area contributed by atoms with Crippen molar-refractivity contribution >= 4 is 33.0 Å². The van der Waals surface area contributed by atoms with E-state index >= 15 is 0 Å². The minimum atomic E-state index is -4.61. The molecular formula is C19H20F3N3O3S2. The molecule has 2 aromatic rings. The highest BCUT2D eigenvalue weighted by atomic mass is 32.2. The number of hydrogen-bond acceptors (Lipinski definition) is 4. The third kappa shape index (κ3) is 5.02. The number of alkyl halides is 3. The summed E-state index contributed by atoms with van der Waals surface area (Å²) in [5.74, 6) is 0.666. The summed E-state index contributed by atoms with van der Waals surface area (Å²) in [5, 5.41) is 3.51. The van der Waals surface area contributed by atoms with Crippen molar-refractivity contribution in [2.24, 2.45) is 0 Å². The Kier molecular flexibility index (Phi) is 6.53. The summed E-state index contributed by atoms with van der Waals surface area (Å²) in [6.07, 6.45) is -4.61. The molecule has 0 atom stereocenters. The molecule has 3 rings (SSSR count). The second-order valence-electron chi connectivity index (χ2n) is 6.58. The van der Waals surface area contributed by atoms with E-state index in [2.05, 4.69) is 5.32 Å². The van der Waals surface area contributed by atoms with Gasteiger partial charge in [0, 0.05) is 37.9 Å². The molecule has 6 nitrogen and oxygen atoms in total. The van der Waals surface area contributed by atoms with E-state index in [9.17, 15) is 21.6 Å². The number of sulfonamides is 1. The van der Waals surface area contributed by atoms with Gasteiger partial charge >= 0.3 is 6.18 Å². The van der Waals surface area contributed by atoms with E-state index in [4.69, 9.17) is 17.0 Å². The zero-order chi connectivity index (χ0) is 21.9. The summed E-state index contributed by atoms with van der Waals surface area (Å²) in [6.45, 7) is 0.846. The van der Waals surface area contributed by atoms with Gasteiger partial charge in [-0.2, -0.15) is 17.5 Å². The van der Waals surface area contributed by atoms with Gasteiger partial charge in [0.15, 0.2) is 5.11 Å². The van der Waals surface area contributed by atoms with Crippen molar-refractivity contribution in [3.05, 3.63) is 54.1 Å². The van der Waals surface area contributed by atoms with Gasteiger partial charge in [0.1, 0.15) is 5.75 Å². The largest absolute Gasteiger partial charge is 0.497 e. The average molecular weight is 460 g/mol. The molecule has 30 heavy (non-hydrogen) atoms. The fourth-order valence-electron chi connectivity index (χ4n) is 3.02. The Balaban J connectivity index is 1.65. The first-order valence-electron chi connectivity index (χ1n) is 8.98. The van der Waals surface area contributed by atoms with Crippen LogP contribution in [0.1, 0.15) is 5.56 Å². The highest BCUT2D eigenvalue weighted by molar-refractivity contribution is 7.89. The molecule has 0 aromatic heterocycles. The molecule has 0 bridgehead atoms. The van der Waals surface area contributed by atoms with Crippen molar-refractivity contribution in [2.45, 2.75) is 11.1 Å². The van der Waals surface area contributed by atoms with E-state index in [1.807, 2.05) is 17.0 Å². The normalized spacial score (nSPS) is 15.7. The number of methoxy groups -OCH3 is 1. The smallest absolute Gasteiger partial charge is 0.416 e. The number of nitrogens with one attached hydrogen (secondary N) is 1. The van der Waals surface area contributed by atoms with Crippen molar-refractivity contribution < 1.29 is 26.3 Å². The summed E-state index contributed by atoms with van der Waals surface area (Å²) in [4.78, 5) is 1.44. The standard InChI is InChI=1S/C19H20F3N3O3S2/c1-28-16-6-3-5-15(13-16)23-18(29)24-8-10-25(11-9-24)30(26,27)17-7-2-4-14(12-17)19(20,21)22/h2-7,12-13H,8-11H2,1H3,(H,23,29). The van der Waals surface area contributed by atoms with Crippen LogP contribution in [0.25, 0.3) is 0 Å². The molecule has 1 aliphatic rings. The van der Waals surface area contributed by atoms with Gasteiger partial charge in [0.2, 0.25) is 10.0 Å². The molecule has 1 fully saturated rings. The van der Waals surface area contributed by atoms with Crippen LogP contribution in [0.5, 0.6) is 5.75 Å². The van der Waals surface area contributed by atoms with E-state index in [-0.39, 0.29) is 18.0 Å². The molecule has 1 N–H and O–H groups in total. The van der Waals surface area contributed by atoms with Crippen LogP contribution < -0.4 is 10.1 Å². The summed E-state index contributed by atoms with van der Waals surface area (Å²) in [7, 11) is -2.48. The van der Waals surface area contributed by atoms with Crippen molar-refractivity contribution in [1.82, 2.24) is 9.21 Å². The molecule has 0 radical (unpaired) electrons. The van der Waals surface area contributed by atoms with Crippen molar-refractivity contribution in [1.29, 1.82) is 0 Å². The van der Waals surface area contributed by atoms with Gasteiger partial charge in [-0.1, -0.05) is 12.1 Å². The molecule has 0 spiro atoms. The lowest BCUT2D eigenvalue weighted by molar-refractivity contribution is -0.137. The molecule has 0 unspecified atom stereocenters. The molecule has 11 heteroatoms. The minimum absolute atomic E-state index is 0.110. The summed E-state index contributed by atoms with van der Waals surface area (Å²) in [6, 6.07) is 11.0. The Morgan fingerprint density at radius 2 is 1.73 bits per heavy atom. The topological polar surface area (TPSA) is 61.9 Å². The van der Waals surface area contributed by atoms with Gasteiger partial charge in [-0.15, -0.1) is 0 Å². The zero-order valence-electron chi connectivity index (χ0n) is 16.0. The van der Waals surface area contributed by atoms with Gasteiger partial charge in [0.25, 0.3) is 0 Å². The van der Waals surface area contributed by atoms with Gasteiger partial charge in [0.05, 0.1) is 17.6 Å². The van der Waals surface area contributed by atoms with Gasteiger partial charge in [-0.05, 0) is 42.5 Å². The van der Waals surface area contributed by atoms with Crippen LogP contribution in [-0.4, -0.2) is 56.0 Å². The molecule has 162 valence electrons. The molecule has 0 saturated carbocycles. The van der Waals surface area contributed by atoms with E-state index in [0.717, 1.165) is 17.8 Å². The Labute approximate surface area is 178 Å². The van der Waals surface area contributed by atoms with Gasteiger partial charge in [-0.25, -0.2) is 8.42 Å². The van der Waals surface area contributed by atoms with E-state index in [1.54, 1.807) is 19.2 Å². The summed E-state index contributed by atoms with van der Waals surface area (Å²) in [5.41, 5.74) is -0.260. The molecule has 1 heterocycles. The number of anilines is 1. The SMILES string of the molecule is COc1cccc(NC(=S)N2CCN(S(=O)(=O)c3cccc(C(F)(F)F)c3)CC2)c1. The molecular weight excluding hydrogens is 439 g/mol. The van der Waals surface area contributed by atoms with Crippen LogP contribution in [0.2, 0.25) is 0 Å². The lowest BCUT2D eigenvalue weighted by atomic mass is 10.2. The molecule has 2 aromatic carbocycles. The quantitative estimate of drug-likeness (QED) is 0.707. The molecule has 1 saturated heterocycles. The third-order valence-electron chi connectivity index (χ3n) is 4.65. The second-order valence-corrected chi connectivity index (χ2v) is 8.90. The van der Waals surface area contributed by atoms with Crippen LogP contribution >= 0.6 is 12.2 Å². The van der Waals surface area contributed by atoms with Crippen LogP contribution in [0.4, 0.5) is 18.9 Å². The number of rotatable bonds is 4. The highest BCUT2D eigenvalue weighted by Crippen LogP contribution is 2.31. The number of thiocarbonyl (C=S) groups is 1. The lowest BCUT2D eigenvalue weighted by Crippen LogP contribution is -2.51. The maximum atomic E-state index is 12.9. The van der Waals surface area contributed by atoms with Crippen LogP contribution in [-0.2, 0) is 16.2 Å². The Hall–Kier alpha value is -2.37. The van der Waals surface area contributed by atoms with Crippen molar-refractivity contribution in [3.63, 3.8) is 0 Å². The van der Waals surface area contributed by atoms with Crippen LogP contribution in [0.3, 0.4) is 0 Å². The number of ether oxygens (including phenoxy) is 1. The van der Waals surface area contributed by atoms with Crippen LogP contribution in [0, 0.1) is 0 Å². The Bertz CT molecular complexity index is 1020. The third-order valence-corrected chi connectivity index (χ3v) is 6.90. The van der Waals surface area contributed by atoms with Crippen molar-refractivity contribution in [2.75, 3.05) is 38.6 Å². The highest BCUT2D eigenvalue weighted by Gasteiger charge is 2.34. The van der Waals surface area contributed by atoms with Crippen molar-refractivity contribution in [3.8, 4) is 5.75 Å². The fraction of sp³-hybridized carbons (Fsp3) is 0.316. The summed E-state index contributed by atoms with van der Waals surface area (Å²) >= 11 is 5.40.